The lowest BCUT2D eigenvalue weighted by Gasteiger charge is -2.34. The number of aromatic nitrogens is 4. The molecule has 10 rings (SSSR count). The number of phenols is 1. The van der Waals surface area contributed by atoms with Gasteiger partial charge >= 0.3 is 10.4 Å². The lowest BCUT2D eigenvalue weighted by Crippen LogP contribution is -2.64. The number of nitrogens with zero attached hydrogens (tertiary/aromatic N) is 8. The van der Waals surface area contributed by atoms with E-state index in [9.17, 15) is 82.3 Å². The van der Waals surface area contributed by atoms with Crippen LogP contribution in [0.4, 0.5) is 11.1 Å². The van der Waals surface area contributed by atoms with Crippen LogP contribution in [0.15, 0.2) is 54.9 Å². The lowest BCUT2D eigenvalue weighted by atomic mass is 9.97. The molecule has 2 aromatic heterocycles. The van der Waals surface area contributed by atoms with Gasteiger partial charge in [0.15, 0.2) is 11.5 Å². The van der Waals surface area contributed by atoms with E-state index in [1.807, 2.05) is 36.7 Å². The van der Waals surface area contributed by atoms with Gasteiger partial charge in [-0.25, -0.2) is 9.97 Å². The minimum absolute atomic E-state index is 0.0730. The molecule has 2 aromatic carbocycles. The highest BCUT2D eigenvalue weighted by Crippen LogP contribution is 2.35. The second kappa shape index (κ2) is 33.3. The molecule has 5 saturated heterocycles. The van der Waals surface area contributed by atoms with Gasteiger partial charge in [0.05, 0.1) is 61.3 Å². The van der Waals surface area contributed by atoms with Crippen LogP contribution in [0.2, 0.25) is 0 Å². The highest BCUT2D eigenvalue weighted by Gasteiger charge is 2.50. The predicted octanol–water partition coefficient (Wildman–Crippen LogP) is -1.84. The van der Waals surface area contributed by atoms with Gasteiger partial charge in [0.25, 0.3) is 0 Å². The fourth-order valence-corrected chi connectivity index (χ4v) is 15.2. The number of hydrogen-bond donors (Lipinski definition) is 14. The average molecular weight is 1440 g/mol. The van der Waals surface area contributed by atoms with Crippen LogP contribution < -0.4 is 46.3 Å². The zero-order chi connectivity index (χ0) is 71.7. The van der Waals surface area contributed by atoms with E-state index in [4.69, 9.17) is 20.4 Å². The molecule has 0 spiro atoms. The number of anilines is 2. The van der Waals surface area contributed by atoms with Crippen molar-refractivity contribution in [2.24, 2.45) is 17.6 Å². The van der Waals surface area contributed by atoms with Gasteiger partial charge in [0, 0.05) is 88.1 Å². The van der Waals surface area contributed by atoms with Gasteiger partial charge in [-0.1, -0.05) is 67.9 Å². The summed E-state index contributed by atoms with van der Waals surface area (Å²) >= 11 is 1.45. The van der Waals surface area contributed by atoms with Crippen LogP contribution in [0.5, 0.6) is 11.5 Å². The molecule has 7 amide bonds. The van der Waals surface area contributed by atoms with E-state index in [1.54, 1.807) is 0 Å². The number of hydrogen-bond acceptors (Lipinski definition) is 26. The third kappa shape index (κ3) is 19.0. The van der Waals surface area contributed by atoms with Crippen LogP contribution >= 0.6 is 11.3 Å². The minimum atomic E-state index is -5.23. The molecule has 2 unspecified atom stereocenters. The van der Waals surface area contributed by atoms with Crippen LogP contribution in [-0.2, 0) is 55.1 Å². The number of nitrogens with one attached hydrogen (secondary N) is 5. The molecule has 546 valence electrons. The van der Waals surface area contributed by atoms with E-state index in [1.165, 1.54) is 44.4 Å². The van der Waals surface area contributed by atoms with Gasteiger partial charge in [-0.05, 0) is 94.0 Å². The first-order chi connectivity index (χ1) is 47.7. The highest BCUT2D eigenvalue weighted by molar-refractivity contribution is 7.81. The van der Waals surface area contributed by atoms with Gasteiger partial charge in [-0.2, -0.15) is 8.42 Å². The van der Waals surface area contributed by atoms with Crippen LogP contribution in [0.25, 0.3) is 21.7 Å². The summed E-state index contributed by atoms with van der Waals surface area (Å²) in [6, 6.07) is -0.322. The number of carbonyl (C=O) groups is 7. The molecule has 33 nitrogen and oxygen atoms in total. The average Bonchev–Trinajstić information content (AvgIpc) is 1.61. The van der Waals surface area contributed by atoms with E-state index in [-0.39, 0.29) is 24.1 Å². The summed E-state index contributed by atoms with van der Waals surface area (Å²) in [6.45, 7) is 4.18. The molecule has 35 heteroatoms. The Bertz CT molecular complexity index is 3640. The molecule has 4 aromatic rings. The number of primary amides is 1. The SMILES string of the molecule is C[C@@H](O)[C@@H]1NC(=O)[C@@H](NCC2CCCN(c3nnc(-c4ccc(-c5cnc(N6CCC(OC7CCCCC7)CC6)nc5)cc4)s3)CC2)C[C@@H](O)CNC(=O)[C@@H]2[C@@H](O)[C@@H](C)CN2C(=O)[C@H]([C@H](O)CC(N)=O)NC(=O)[C@H]([C@H](O)Cc2ccc(O)c(OS(=O)(=O)O)c2)NC(=O)[C@@H]2CC(O)CN2C1=O. The standard InChI is InChI=1S/C65H90N14O19S2/c1-34-32-79-55(56(34)87)60(91)68-31-41(81)25-45(67-28-36-7-6-19-77(20-16-36)65-75-74-61(99-65)39-13-11-38(12-14-39)40-29-69-64(70-30-40)76-21-17-44(18-22-76)97-43-8-4-3-5-9-43)57(88)71-52(35(2)80)62(92)78-33-42(82)26-46(78)58(89)72-53(59(90)73-54(63(79)93)49(85)27-51(66)86)48(84)23-37-10-15-47(83)50(24-37)98-100(94,95)96/h10-15,24,29-30,34-36,41-46,48-49,52-56,67,80-85,87H,3-9,16-23,25-28,31-33H2,1-2H3,(H2,66,86)(H,68,91)(H,71,88)(H,72,89)(H,73,90)(H,94,95,96)/t34-,35+,36?,41+,42?,45-,46-,48+,49+,52-,53-,54-,55-,56-/m0/s1. The zero-order valence-electron chi connectivity index (χ0n) is 55.5. The molecule has 0 bridgehead atoms. The van der Waals surface area contributed by atoms with Crippen molar-refractivity contribution in [2.75, 3.05) is 62.2 Å². The van der Waals surface area contributed by atoms with Crippen molar-refractivity contribution in [3.05, 3.63) is 60.4 Å². The molecule has 1 aliphatic carbocycles. The van der Waals surface area contributed by atoms with Gasteiger partial charge in [0.1, 0.15) is 35.2 Å². The van der Waals surface area contributed by atoms with E-state index >= 15 is 0 Å². The third-order valence-corrected chi connectivity index (χ3v) is 20.9. The van der Waals surface area contributed by atoms with Crippen molar-refractivity contribution in [1.29, 1.82) is 0 Å². The van der Waals surface area contributed by atoms with Crippen molar-refractivity contribution in [1.82, 2.24) is 56.5 Å². The van der Waals surface area contributed by atoms with E-state index in [0.29, 0.717) is 49.5 Å². The van der Waals surface area contributed by atoms with Crippen LogP contribution in [0.3, 0.4) is 0 Å². The van der Waals surface area contributed by atoms with E-state index in [0.717, 1.165) is 88.5 Å². The summed E-state index contributed by atoms with van der Waals surface area (Å²) < 4.78 is 43.4. The summed E-state index contributed by atoms with van der Waals surface area (Å²) in [7, 11) is -5.23. The Morgan fingerprint density at radius 2 is 1.38 bits per heavy atom. The second-order valence-electron chi connectivity index (χ2n) is 27.0. The van der Waals surface area contributed by atoms with E-state index in [2.05, 4.69) is 50.8 Å². The molecule has 1 saturated carbocycles. The van der Waals surface area contributed by atoms with Gasteiger partial charge in [-0.3, -0.25) is 38.1 Å². The Balaban J connectivity index is 0.833. The maximum absolute atomic E-state index is 14.7. The number of aliphatic hydroxyl groups is 6. The fourth-order valence-electron chi connectivity index (χ4n) is 14.0. The summed E-state index contributed by atoms with van der Waals surface area (Å²) in [5, 5.41) is 102. The Labute approximate surface area is 581 Å². The Kier molecular flexibility index (Phi) is 24.9. The predicted molar refractivity (Wildman–Crippen MR) is 359 cm³/mol. The third-order valence-electron chi connectivity index (χ3n) is 19.5. The Morgan fingerprint density at radius 1 is 0.720 bits per heavy atom. The van der Waals surface area contributed by atoms with Crippen LogP contribution in [-0.4, -0.2) is 257 Å². The first kappa shape index (κ1) is 74.8. The largest absolute Gasteiger partial charge is 0.504 e. The molecular formula is C65H90N14O19S2. The second-order valence-corrected chi connectivity index (χ2v) is 29.0. The number of phenolic OH excluding ortho intramolecular Hbond substituents is 1. The lowest BCUT2D eigenvalue weighted by molar-refractivity contribution is -0.147. The van der Waals surface area contributed by atoms with Crippen molar-refractivity contribution >= 4 is 74.2 Å². The maximum Gasteiger partial charge on any atom is 0.446 e. The number of β-amino-alcohol motifs (C(OH)–C–C–N with tert-alkyl or cyclic N) is 1. The number of aliphatic hydroxyl groups excluding tert-OH is 6. The number of ether oxygens (including phenoxy) is 1. The molecule has 0 radical (unpaired) electrons. The van der Waals surface area contributed by atoms with E-state index < -0.39 is 187 Å². The van der Waals surface area contributed by atoms with Crippen molar-refractivity contribution < 1.29 is 91.2 Å². The number of carbonyl (C=O) groups excluding carboxylic acids is 7. The summed E-state index contributed by atoms with van der Waals surface area (Å²) in [6.07, 6.45) is 1.06. The van der Waals surface area contributed by atoms with Crippen molar-refractivity contribution in [2.45, 2.75) is 189 Å². The van der Waals surface area contributed by atoms with Gasteiger partial charge in [0.2, 0.25) is 52.4 Å². The van der Waals surface area contributed by atoms with Crippen LogP contribution in [0, 0.1) is 11.8 Å². The minimum Gasteiger partial charge on any atom is -0.504 e. The highest BCUT2D eigenvalue weighted by atomic mass is 32.3. The molecule has 7 heterocycles. The number of nitrogens with two attached hydrogens (primary N) is 1. The molecular weight excluding hydrogens is 1340 g/mol. The molecule has 5 aliphatic heterocycles. The van der Waals surface area contributed by atoms with Crippen LogP contribution in [0.1, 0.15) is 103 Å². The normalized spacial score (nSPS) is 27.9. The number of piperidine rings is 1. The monoisotopic (exact) mass is 1430 g/mol. The number of aromatic hydroxyl groups is 1. The number of benzene rings is 2. The molecule has 14 atom stereocenters. The van der Waals surface area contributed by atoms with Gasteiger partial charge in [-0.15, -0.1) is 10.2 Å². The number of fused-ring (bicyclic) bond motifs is 2. The summed E-state index contributed by atoms with van der Waals surface area (Å²) in [5.74, 6) is -10.0. The Morgan fingerprint density at radius 3 is 2.07 bits per heavy atom. The first-order valence-corrected chi connectivity index (χ1v) is 36.1. The smallest absolute Gasteiger partial charge is 0.446 e. The molecule has 6 aliphatic rings. The first-order valence-electron chi connectivity index (χ1n) is 34.0. The molecule has 100 heavy (non-hydrogen) atoms. The van der Waals surface area contributed by atoms with Crippen molar-refractivity contribution in [3.8, 4) is 33.2 Å². The topological polar surface area (TPSA) is 485 Å². The molecule has 15 N–H and O–H groups in total. The fraction of sp³-hybridized carbons (Fsp3) is 0.615. The molecule has 6 fully saturated rings. The maximum atomic E-state index is 14.7. The number of rotatable bonds is 18. The Hall–Kier alpha value is -7.84. The van der Waals surface area contributed by atoms with Gasteiger partial charge < -0.3 is 96.6 Å². The zero-order valence-corrected chi connectivity index (χ0v) is 57.2. The summed E-state index contributed by atoms with van der Waals surface area (Å²) in [5.41, 5.74) is 8.02. The quantitative estimate of drug-likeness (QED) is 0.0487. The summed E-state index contributed by atoms with van der Waals surface area (Å²) in [4.78, 5) is 115. The number of amides is 7. The van der Waals surface area contributed by atoms with Crippen molar-refractivity contribution in [3.63, 3.8) is 0 Å².